The van der Waals surface area contributed by atoms with Crippen molar-refractivity contribution < 1.29 is 22.8 Å². The predicted molar refractivity (Wildman–Crippen MR) is 64.4 cm³/mol. The summed E-state index contributed by atoms with van der Waals surface area (Å²) in [5, 5.41) is 2.52. The molecule has 1 fully saturated rings. The molecule has 1 rings (SSSR count). The second kappa shape index (κ2) is 6.39. The Hall–Kier alpha value is -1.07. The Bertz CT molecular complexity index is 331. The summed E-state index contributed by atoms with van der Waals surface area (Å²) in [6.45, 7) is 3.45. The number of halogens is 3. The normalized spacial score (nSPS) is 24.3. The molecule has 0 atom stereocenters. The molecule has 0 aromatic heterocycles. The number of carbonyl (C=O) groups excluding carboxylic acids is 2. The molecular formula is C13H20F3NO2. The van der Waals surface area contributed by atoms with E-state index >= 15 is 0 Å². The van der Waals surface area contributed by atoms with Crippen LogP contribution in [0.4, 0.5) is 13.2 Å². The standard InChI is InChI=1S/C13H20F3NO2/c1-8(2)11(18)7-17-12(19)9-3-5-10(6-4-9)13(14,15)16/h8-10H,3-7H2,1-2H3,(H,17,19). The molecule has 1 aliphatic carbocycles. The summed E-state index contributed by atoms with van der Waals surface area (Å²) >= 11 is 0. The third-order valence-electron chi connectivity index (χ3n) is 3.64. The van der Waals surface area contributed by atoms with E-state index in [1.165, 1.54) is 0 Å². The van der Waals surface area contributed by atoms with Crippen molar-refractivity contribution in [3.63, 3.8) is 0 Å². The fraction of sp³-hybridized carbons (Fsp3) is 0.846. The summed E-state index contributed by atoms with van der Waals surface area (Å²) < 4.78 is 37.4. The third-order valence-corrected chi connectivity index (χ3v) is 3.64. The topological polar surface area (TPSA) is 46.2 Å². The molecule has 0 spiro atoms. The smallest absolute Gasteiger partial charge is 0.349 e. The van der Waals surface area contributed by atoms with E-state index in [-0.39, 0.29) is 49.8 Å². The molecule has 0 aromatic rings. The number of carbonyl (C=O) groups is 2. The Morgan fingerprint density at radius 3 is 2.11 bits per heavy atom. The van der Waals surface area contributed by atoms with Crippen LogP contribution in [0.5, 0.6) is 0 Å². The first-order chi connectivity index (χ1) is 8.71. The zero-order valence-corrected chi connectivity index (χ0v) is 11.2. The first kappa shape index (κ1) is 16.0. The summed E-state index contributed by atoms with van der Waals surface area (Å²) in [7, 11) is 0. The number of amides is 1. The number of rotatable bonds is 4. The second-order valence-corrected chi connectivity index (χ2v) is 5.43. The van der Waals surface area contributed by atoms with E-state index in [1.807, 2.05) is 0 Å². The highest BCUT2D eigenvalue weighted by molar-refractivity contribution is 5.87. The third kappa shape index (κ3) is 4.84. The van der Waals surface area contributed by atoms with Gasteiger partial charge in [-0.15, -0.1) is 0 Å². The van der Waals surface area contributed by atoms with Crippen LogP contribution in [-0.4, -0.2) is 24.4 Å². The molecule has 0 unspecified atom stereocenters. The number of nitrogens with one attached hydrogen (secondary N) is 1. The van der Waals surface area contributed by atoms with E-state index in [9.17, 15) is 22.8 Å². The molecule has 0 aromatic carbocycles. The zero-order chi connectivity index (χ0) is 14.6. The quantitative estimate of drug-likeness (QED) is 0.860. The summed E-state index contributed by atoms with van der Waals surface area (Å²) in [5.74, 6) is -2.19. The molecule has 1 amide bonds. The van der Waals surface area contributed by atoms with Gasteiger partial charge in [0.1, 0.15) is 0 Å². The average molecular weight is 279 g/mol. The van der Waals surface area contributed by atoms with E-state index in [2.05, 4.69) is 5.32 Å². The summed E-state index contributed by atoms with van der Waals surface area (Å²) in [5.41, 5.74) is 0. The van der Waals surface area contributed by atoms with Gasteiger partial charge >= 0.3 is 6.18 Å². The van der Waals surface area contributed by atoms with Gasteiger partial charge in [-0.2, -0.15) is 13.2 Å². The van der Waals surface area contributed by atoms with Crippen LogP contribution < -0.4 is 5.32 Å². The number of ketones is 1. The van der Waals surface area contributed by atoms with Gasteiger partial charge in [0.15, 0.2) is 5.78 Å². The number of alkyl halides is 3. The lowest BCUT2D eigenvalue weighted by atomic mass is 9.81. The van der Waals surface area contributed by atoms with Crippen LogP contribution in [0.15, 0.2) is 0 Å². The molecule has 0 aliphatic heterocycles. The molecular weight excluding hydrogens is 259 g/mol. The SMILES string of the molecule is CC(C)C(=O)CNC(=O)C1CCC(C(F)(F)F)CC1. The van der Waals surface area contributed by atoms with E-state index in [1.54, 1.807) is 13.8 Å². The summed E-state index contributed by atoms with van der Waals surface area (Å²) in [6.07, 6.45) is -3.67. The van der Waals surface area contributed by atoms with Crippen LogP contribution in [0.2, 0.25) is 0 Å². The van der Waals surface area contributed by atoms with Crippen molar-refractivity contribution in [3.8, 4) is 0 Å². The van der Waals surface area contributed by atoms with Gasteiger partial charge in [-0.25, -0.2) is 0 Å². The van der Waals surface area contributed by atoms with E-state index in [0.717, 1.165) is 0 Å². The van der Waals surface area contributed by atoms with Gasteiger partial charge in [0.25, 0.3) is 0 Å². The van der Waals surface area contributed by atoms with Crippen LogP contribution in [0.3, 0.4) is 0 Å². The maximum Gasteiger partial charge on any atom is 0.391 e. The molecule has 1 saturated carbocycles. The monoisotopic (exact) mass is 279 g/mol. The van der Waals surface area contributed by atoms with Crippen LogP contribution in [0.25, 0.3) is 0 Å². The van der Waals surface area contributed by atoms with Crippen molar-refractivity contribution in [2.45, 2.75) is 45.7 Å². The van der Waals surface area contributed by atoms with E-state index in [0.29, 0.717) is 0 Å². The number of Topliss-reactive ketones (excluding diaryl/α,β-unsaturated/α-hetero) is 1. The van der Waals surface area contributed by atoms with Crippen LogP contribution in [0, 0.1) is 17.8 Å². The molecule has 0 radical (unpaired) electrons. The molecule has 3 nitrogen and oxygen atoms in total. The van der Waals surface area contributed by atoms with Gasteiger partial charge in [0, 0.05) is 11.8 Å². The van der Waals surface area contributed by atoms with Gasteiger partial charge in [-0.3, -0.25) is 9.59 Å². The van der Waals surface area contributed by atoms with E-state index in [4.69, 9.17) is 0 Å². The van der Waals surface area contributed by atoms with Crippen molar-refractivity contribution in [2.75, 3.05) is 6.54 Å². The fourth-order valence-electron chi connectivity index (χ4n) is 2.21. The van der Waals surface area contributed by atoms with Gasteiger partial charge in [0.05, 0.1) is 12.5 Å². The molecule has 1 aliphatic rings. The number of hydrogen-bond acceptors (Lipinski definition) is 2. The van der Waals surface area contributed by atoms with Gasteiger partial charge in [-0.1, -0.05) is 13.8 Å². The van der Waals surface area contributed by atoms with Crippen molar-refractivity contribution in [1.29, 1.82) is 0 Å². The van der Waals surface area contributed by atoms with Crippen molar-refractivity contribution in [3.05, 3.63) is 0 Å². The fourth-order valence-corrected chi connectivity index (χ4v) is 2.21. The lowest BCUT2D eigenvalue weighted by Crippen LogP contribution is -2.38. The minimum Gasteiger partial charge on any atom is -0.349 e. The highest BCUT2D eigenvalue weighted by atomic mass is 19.4. The Labute approximate surface area is 110 Å². The first-order valence-electron chi connectivity index (χ1n) is 6.59. The van der Waals surface area contributed by atoms with Crippen LogP contribution in [-0.2, 0) is 9.59 Å². The molecule has 110 valence electrons. The Balaban J connectivity index is 2.35. The maximum atomic E-state index is 12.5. The Morgan fingerprint density at radius 1 is 1.16 bits per heavy atom. The lowest BCUT2D eigenvalue weighted by molar-refractivity contribution is -0.184. The Kier molecular flexibility index (Phi) is 5.38. The van der Waals surface area contributed by atoms with Crippen LogP contribution >= 0.6 is 0 Å². The minimum atomic E-state index is -4.16. The molecule has 0 bridgehead atoms. The van der Waals surface area contributed by atoms with Crippen molar-refractivity contribution in [2.24, 2.45) is 17.8 Å². The zero-order valence-electron chi connectivity index (χ0n) is 11.2. The highest BCUT2D eigenvalue weighted by Gasteiger charge is 2.42. The van der Waals surface area contributed by atoms with Crippen molar-refractivity contribution >= 4 is 11.7 Å². The second-order valence-electron chi connectivity index (χ2n) is 5.43. The average Bonchev–Trinajstić information content (AvgIpc) is 2.34. The highest BCUT2D eigenvalue weighted by Crippen LogP contribution is 2.39. The largest absolute Gasteiger partial charge is 0.391 e. The first-order valence-corrected chi connectivity index (χ1v) is 6.59. The van der Waals surface area contributed by atoms with Crippen LogP contribution in [0.1, 0.15) is 39.5 Å². The molecule has 0 heterocycles. The maximum absolute atomic E-state index is 12.5. The predicted octanol–water partition coefficient (Wildman–Crippen LogP) is 2.70. The van der Waals surface area contributed by atoms with Gasteiger partial charge < -0.3 is 5.32 Å². The van der Waals surface area contributed by atoms with Crippen molar-refractivity contribution in [1.82, 2.24) is 5.32 Å². The van der Waals surface area contributed by atoms with Gasteiger partial charge in [0.2, 0.25) is 5.91 Å². The van der Waals surface area contributed by atoms with E-state index < -0.39 is 18.0 Å². The summed E-state index contributed by atoms with van der Waals surface area (Å²) in [6, 6.07) is 0. The van der Waals surface area contributed by atoms with Gasteiger partial charge in [-0.05, 0) is 25.7 Å². The molecule has 1 N–H and O–H groups in total. The lowest BCUT2D eigenvalue weighted by Gasteiger charge is -2.29. The molecule has 19 heavy (non-hydrogen) atoms. The minimum absolute atomic E-state index is 0.000284. The molecule has 6 heteroatoms. The Morgan fingerprint density at radius 2 is 1.68 bits per heavy atom. The summed E-state index contributed by atoms with van der Waals surface area (Å²) in [4.78, 5) is 23.1. The molecule has 0 saturated heterocycles. The number of hydrogen-bond donors (Lipinski definition) is 1.